The van der Waals surface area contributed by atoms with Gasteiger partial charge in [-0.05, 0) is 32.8 Å². The van der Waals surface area contributed by atoms with Gasteiger partial charge in [-0.3, -0.25) is 4.79 Å². The zero-order valence-electron chi connectivity index (χ0n) is 13.5. The number of rotatable bonds is 7. The van der Waals surface area contributed by atoms with Crippen molar-refractivity contribution in [2.75, 3.05) is 0 Å². The lowest BCUT2D eigenvalue weighted by atomic mass is 10.0. The van der Waals surface area contributed by atoms with E-state index in [-0.39, 0.29) is 11.4 Å². The molecule has 0 radical (unpaired) electrons. The molecule has 0 atom stereocenters. The largest absolute Gasteiger partial charge is 0.334 e. The number of amides is 1. The van der Waals surface area contributed by atoms with Crippen molar-refractivity contribution in [2.45, 2.75) is 71.9 Å². The molecule has 1 amide bonds. The maximum atomic E-state index is 12.5. The molecule has 2 nitrogen and oxygen atoms in total. The van der Waals surface area contributed by atoms with Crippen molar-refractivity contribution in [3.8, 4) is 0 Å². The molecule has 1 aromatic carbocycles. The number of benzene rings is 1. The molecule has 0 aliphatic carbocycles. The number of hydrogen-bond donors (Lipinski definition) is 0. The molecule has 112 valence electrons. The third-order valence-electron chi connectivity index (χ3n) is 3.54. The van der Waals surface area contributed by atoms with Gasteiger partial charge in [-0.25, -0.2) is 0 Å². The molecule has 0 aliphatic rings. The molecule has 0 aromatic heterocycles. The van der Waals surface area contributed by atoms with Crippen LogP contribution in [0.15, 0.2) is 30.3 Å². The molecule has 20 heavy (non-hydrogen) atoms. The van der Waals surface area contributed by atoms with Crippen LogP contribution in [0.1, 0.15) is 65.4 Å². The van der Waals surface area contributed by atoms with E-state index in [1.54, 1.807) is 0 Å². The fraction of sp³-hybridized carbons (Fsp3) is 0.611. The van der Waals surface area contributed by atoms with Crippen LogP contribution in [0.5, 0.6) is 0 Å². The maximum Gasteiger partial charge on any atom is 0.223 e. The molecular weight excluding hydrogens is 246 g/mol. The molecule has 0 heterocycles. The molecule has 0 aliphatic heterocycles. The van der Waals surface area contributed by atoms with Gasteiger partial charge in [0, 0.05) is 18.5 Å². The van der Waals surface area contributed by atoms with Crippen LogP contribution in [0.25, 0.3) is 0 Å². The third kappa shape index (κ3) is 5.77. The minimum Gasteiger partial charge on any atom is -0.334 e. The van der Waals surface area contributed by atoms with Crippen LogP contribution < -0.4 is 0 Å². The van der Waals surface area contributed by atoms with Crippen molar-refractivity contribution >= 4 is 5.91 Å². The fourth-order valence-electron chi connectivity index (χ4n) is 2.30. The van der Waals surface area contributed by atoms with E-state index in [1.165, 1.54) is 18.4 Å². The second kappa shape index (κ2) is 8.08. The summed E-state index contributed by atoms with van der Waals surface area (Å²) in [6, 6.07) is 10.2. The van der Waals surface area contributed by atoms with Gasteiger partial charge in [0.15, 0.2) is 0 Å². The topological polar surface area (TPSA) is 20.3 Å². The Morgan fingerprint density at radius 2 is 1.70 bits per heavy atom. The van der Waals surface area contributed by atoms with Gasteiger partial charge in [0.1, 0.15) is 0 Å². The Kier molecular flexibility index (Phi) is 6.77. The van der Waals surface area contributed by atoms with Crippen molar-refractivity contribution in [1.82, 2.24) is 4.90 Å². The molecule has 0 saturated heterocycles. The zero-order chi connectivity index (χ0) is 15.0. The fourth-order valence-corrected chi connectivity index (χ4v) is 2.30. The highest BCUT2D eigenvalue weighted by molar-refractivity contribution is 5.76. The number of hydrogen-bond acceptors (Lipinski definition) is 1. The van der Waals surface area contributed by atoms with E-state index in [4.69, 9.17) is 0 Å². The maximum absolute atomic E-state index is 12.5. The van der Waals surface area contributed by atoms with E-state index in [2.05, 4.69) is 39.8 Å². The Hall–Kier alpha value is -1.31. The highest BCUT2D eigenvalue weighted by atomic mass is 16.2. The molecule has 2 heteroatoms. The predicted octanol–water partition coefficient (Wildman–Crippen LogP) is 4.78. The van der Waals surface area contributed by atoms with E-state index in [0.29, 0.717) is 13.0 Å². The van der Waals surface area contributed by atoms with E-state index < -0.39 is 0 Å². The van der Waals surface area contributed by atoms with Crippen LogP contribution in [-0.2, 0) is 11.3 Å². The second-order valence-electron chi connectivity index (χ2n) is 6.45. The summed E-state index contributed by atoms with van der Waals surface area (Å²) in [5, 5.41) is 0. The normalized spacial score (nSPS) is 11.4. The van der Waals surface area contributed by atoms with Gasteiger partial charge in [0.25, 0.3) is 0 Å². The summed E-state index contributed by atoms with van der Waals surface area (Å²) in [4.78, 5) is 14.5. The van der Waals surface area contributed by atoms with Crippen molar-refractivity contribution in [1.29, 1.82) is 0 Å². The molecule has 0 unspecified atom stereocenters. The Morgan fingerprint density at radius 1 is 1.05 bits per heavy atom. The Balaban J connectivity index is 2.63. The van der Waals surface area contributed by atoms with E-state index in [0.717, 1.165) is 12.8 Å². The standard InChI is InChI=1S/C18H29NO/c1-5-6-7-11-14-17(20)19(18(2,3)4)15-16-12-9-8-10-13-16/h8-10,12-13H,5-7,11,14-15H2,1-4H3. The Labute approximate surface area is 124 Å². The van der Waals surface area contributed by atoms with Gasteiger partial charge < -0.3 is 4.90 Å². The van der Waals surface area contributed by atoms with Gasteiger partial charge in [-0.2, -0.15) is 0 Å². The summed E-state index contributed by atoms with van der Waals surface area (Å²) in [6.07, 6.45) is 5.27. The zero-order valence-corrected chi connectivity index (χ0v) is 13.5. The average molecular weight is 275 g/mol. The SMILES string of the molecule is CCCCCCC(=O)N(Cc1ccccc1)C(C)(C)C. The number of unbranched alkanes of at least 4 members (excludes halogenated alkanes) is 3. The third-order valence-corrected chi connectivity index (χ3v) is 3.54. The van der Waals surface area contributed by atoms with Gasteiger partial charge in [-0.15, -0.1) is 0 Å². The van der Waals surface area contributed by atoms with Crippen LogP contribution in [-0.4, -0.2) is 16.3 Å². The van der Waals surface area contributed by atoms with Crippen LogP contribution in [0.3, 0.4) is 0 Å². The van der Waals surface area contributed by atoms with Crippen molar-refractivity contribution in [2.24, 2.45) is 0 Å². The van der Waals surface area contributed by atoms with Gasteiger partial charge >= 0.3 is 0 Å². The summed E-state index contributed by atoms with van der Waals surface area (Å²) < 4.78 is 0. The summed E-state index contributed by atoms with van der Waals surface area (Å²) in [5.74, 6) is 0.275. The number of nitrogens with zero attached hydrogens (tertiary/aromatic N) is 1. The lowest BCUT2D eigenvalue weighted by Crippen LogP contribution is -2.44. The summed E-state index contributed by atoms with van der Waals surface area (Å²) in [5.41, 5.74) is 1.07. The highest BCUT2D eigenvalue weighted by Crippen LogP contribution is 2.19. The Bertz CT molecular complexity index is 392. The summed E-state index contributed by atoms with van der Waals surface area (Å²) >= 11 is 0. The number of carbonyl (C=O) groups excluding carboxylic acids is 1. The Morgan fingerprint density at radius 3 is 2.25 bits per heavy atom. The monoisotopic (exact) mass is 275 g/mol. The van der Waals surface area contributed by atoms with Crippen LogP contribution in [0.2, 0.25) is 0 Å². The summed E-state index contributed by atoms with van der Waals surface area (Å²) in [7, 11) is 0. The first-order chi connectivity index (χ1) is 9.45. The van der Waals surface area contributed by atoms with Crippen LogP contribution in [0.4, 0.5) is 0 Å². The molecule has 0 saturated carbocycles. The first kappa shape index (κ1) is 16.7. The van der Waals surface area contributed by atoms with E-state index in [1.807, 2.05) is 23.1 Å². The summed E-state index contributed by atoms with van der Waals surface area (Å²) in [6.45, 7) is 9.23. The molecule has 1 rings (SSSR count). The lowest BCUT2D eigenvalue weighted by Gasteiger charge is -2.36. The minimum absolute atomic E-state index is 0.127. The first-order valence-corrected chi connectivity index (χ1v) is 7.79. The second-order valence-corrected chi connectivity index (χ2v) is 6.45. The van der Waals surface area contributed by atoms with Gasteiger partial charge in [-0.1, -0.05) is 56.5 Å². The van der Waals surface area contributed by atoms with Crippen molar-refractivity contribution in [3.63, 3.8) is 0 Å². The van der Waals surface area contributed by atoms with Gasteiger partial charge in [0.05, 0.1) is 0 Å². The average Bonchev–Trinajstić information content (AvgIpc) is 2.40. The highest BCUT2D eigenvalue weighted by Gasteiger charge is 2.25. The number of carbonyl (C=O) groups is 1. The van der Waals surface area contributed by atoms with Gasteiger partial charge in [0.2, 0.25) is 5.91 Å². The van der Waals surface area contributed by atoms with Crippen molar-refractivity contribution in [3.05, 3.63) is 35.9 Å². The van der Waals surface area contributed by atoms with Crippen LogP contribution in [0, 0.1) is 0 Å². The molecule has 0 N–H and O–H groups in total. The molecule has 0 fully saturated rings. The van der Waals surface area contributed by atoms with Crippen LogP contribution >= 0.6 is 0 Å². The quantitative estimate of drug-likeness (QED) is 0.655. The van der Waals surface area contributed by atoms with E-state index >= 15 is 0 Å². The lowest BCUT2D eigenvalue weighted by molar-refractivity contribution is -0.136. The molecule has 0 spiro atoms. The van der Waals surface area contributed by atoms with Crippen molar-refractivity contribution < 1.29 is 4.79 Å². The van der Waals surface area contributed by atoms with E-state index in [9.17, 15) is 4.79 Å². The molecular formula is C18H29NO. The predicted molar refractivity (Wildman–Crippen MR) is 85.5 cm³/mol. The first-order valence-electron chi connectivity index (χ1n) is 7.79. The molecule has 0 bridgehead atoms. The minimum atomic E-state index is -0.127. The smallest absolute Gasteiger partial charge is 0.223 e. The molecule has 1 aromatic rings.